The van der Waals surface area contributed by atoms with Crippen LogP contribution in [-0.4, -0.2) is 18.6 Å². The molecule has 154 valence electrons. The number of halogens is 1. The Morgan fingerprint density at radius 1 is 0.967 bits per heavy atom. The van der Waals surface area contributed by atoms with Crippen LogP contribution in [0.2, 0.25) is 0 Å². The van der Waals surface area contributed by atoms with Gasteiger partial charge in [-0.05, 0) is 68.1 Å². The minimum Gasteiger partial charge on any atom is -0.487 e. The second-order valence-electron chi connectivity index (χ2n) is 8.19. The Morgan fingerprint density at radius 3 is 2.53 bits per heavy atom. The van der Waals surface area contributed by atoms with Gasteiger partial charge < -0.3 is 15.0 Å². The van der Waals surface area contributed by atoms with Crippen molar-refractivity contribution in [1.29, 1.82) is 0 Å². The average molecular weight is 403 g/mol. The van der Waals surface area contributed by atoms with Crippen molar-refractivity contribution < 1.29 is 9.13 Å². The van der Waals surface area contributed by atoms with E-state index in [0.29, 0.717) is 12.6 Å². The number of rotatable bonds is 5. The SMILES string of the molecule is Fc1ccc(CC[C@H](C2CCCN2)N2c3ccccc3COc3ccccc32)cc1. The summed E-state index contributed by atoms with van der Waals surface area (Å²) in [5, 5.41) is 3.74. The smallest absolute Gasteiger partial charge is 0.143 e. The Labute approximate surface area is 177 Å². The van der Waals surface area contributed by atoms with Crippen molar-refractivity contribution in [2.75, 3.05) is 11.4 Å². The molecule has 2 heterocycles. The molecule has 1 N–H and O–H groups in total. The number of nitrogens with one attached hydrogen (secondary N) is 1. The Morgan fingerprint density at radius 2 is 1.73 bits per heavy atom. The van der Waals surface area contributed by atoms with Crippen LogP contribution in [0.5, 0.6) is 5.75 Å². The molecule has 0 aliphatic carbocycles. The third kappa shape index (κ3) is 3.80. The normalized spacial score (nSPS) is 18.8. The van der Waals surface area contributed by atoms with Crippen LogP contribution in [0.25, 0.3) is 0 Å². The largest absolute Gasteiger partial charge is 0.487 e. The highest BCUT2D eigenvalue weighted by atomic mass is 19.1. The summed E-state index contributed by atoms with van der Waals surface area (Å²) in [6.45, 7) is 1.64. The Balaban J connectivity index is 1.55. The van der Waals surface area contributed by atoms with Gasteiger partial charge in [0.2, 0.25) is 0 Å². The minimum atomic E-state index is -0.180. The number of fused-ring (bicyclic) bond motifs is 2. The molecule has 1 saturated heterocycles. The lowest BCUT2D eigenvalue weighted by Gasteiger charge is -2.38. The summed E-state index contributed by atoms with van der Waals surface area (Å²) in [7, 11) is 0. The van der Waals surface area contributed by atoms with E-state index in [1.54, 1.807) is 12.1 Å². The molecule has 2 aliphatic rings. The van der Waals surface area contributed by atoms with E-state index in [9.17, 15) is 4.39 Å². The van der Waals surface area contributed by atoms with E-state index < -0.39 is 0 Å². The molecule has 3 nitrogen and oxygen atoms in total. The molecular formula is C26H27FN2O. The van der Waals surface area contributed by atoms with E-state index in [4.69, 9.17) is 4.74 Å². The summed E-state index contributed by atoms with van der Waals surface area (Å²) in [6, 6.07) is 24.5. The molecule has 0 spiro atoms. The summed E-state index contributed by atoms with van der Waals surface area (Å²) < 4.78 is 19.6. The van der Waals surface area contributed by atoms with Crippen LogP contribution in [0.15, 0.2) is 72.8 Å². The summed E-state index contributed by atoms with van der Waals surface area (Å²) in [5.41, 5.74) is 4.73. The fourth-order valence-corrected chi connectivity index (χ4v) is 4.80. The number of benzene rings is 3. The fraction of sp³-hybridized carbons (Fsp3) is 0.308. The zero-order valence-electron chi connectivity index (χ0n) is 17.1. The molecule has 2 aliphatic heterocycles. The van der Waals surface area contributed by atoms with E-state index in [2.05, 4.69) is 52.7 Å². The average Bonchev–Trinajstić information content (AvgIpc) is 3.26. The topological polar surface area (TPSA) is 24.5 Å². The molecule has 0 radical (unpaired) electrons. The molecule has 0 saturated carbocycles. The summed E-state index contributed by atoms with van der Waals surface area (Å²) in [6.07, 6.45) is 4.25. The number of nitrogens with zero attached hydrogens (tertiary/aromatic N) is 1. The van der Waals surface area contributed by atoms with Gasteiger partial charge >= 0.3 is 0 Å². The Bertz CT molecular complexity index is 950. The highest BCUT2D eigenvalue weighted by molar-refractivity contribution is 5.73. The van der Waals surface area contributed by atoms with Gasteiger partial charge in [0, 0.05) is 23.3 Å². The van der Waals surface area contributed by atoms with Crippen LogP contribution in [0, 0.1) is 5.82 Å². The van der Waals surface area contributed by atoms with Crippen LogP contribution in [0.3, 0.4) is 0 Å². The maximum Gasteiger partial charge on any atom is 0.143 e. The first-order chi connectivity index (χ1) is 14.8. The van der Waals surface area contributed by atoms with Gasteiger partial charge in [-0.15, -0.1) is 0 Å². The molecule has 30 heavy (non-hydrogen) atoms. The minimum absolute atomic E-state index is 0.180. The predicted octanol–water partition coefficient (Wildman–Crippen LogP) is 5.61. The molecule has 4 heteroatoms. The van der Waals surface area contributed by atoms with Gasteiger partial charge in [-0.1, -0.05) is 42.5 Å². The molecule has 1 fully saturated rings. The molecule has 0 bridgehead atoms. The second-order valence-corrected chi connectivity index (χ2v) is 8.19. The molecule has 5 rings (SSSR count). The molecule has 3 aromatic carbocycles. The summed E-state index contributed by atoms with van der Waals surface area (Å²) in [4.78, 5) is 2.49. The maximum atomic E-state index is 13.4. The number of para-hydroxylation sites is 3. The molecule has 3 aromatic rings. The first kappa shape index (κ1) is 19.1. The zero-order chi connectivity index (χ0) is 20.3. The fourth-order valence-electron chi connectivity index (χ4n) is 4.80. The van der Waals surface area contributed by atoms with Crippen LogP contribution < -0.4 is 15.0 Å². The Kier molecular flexibility index (Phi) is 5.41. The number of hydrogen-bond acceptors (Lipinski definition) is 3. The lowest BCUT2D eigenvalue weighted by molar-refractivity contribution is 0.310. The second kappa shape index (κ2) is 8.49. The standard InChI is InChI=1S/C26H27FN2O/c27-21-14-11-19(12-15-21)13-16-24(22-7-5-17-28-22)29-23-8-2-1-6-20(23)18-30-26-10-4-3-9-25(26)29/h1-4,6,8-12,14-15,22,24,28H,5,7,13,16-18H2/t22?,24-/m1/s1. The van der Waals surface area contributed by atoms with E-state index in [0.717, 1.165) is 37.2 Å². The monoisotopic (exact) mass is 402 g/mol. The van der Waals surface area contributed by atoms with Crippen molar-refractivity contribution in [3.63, 3.8) is 0 Å². The molecule has 2 atom stereocenters. The third-order valence-electron chi connectivity index (χ3n) is 6.30. The van der Waals surface area contributed by atoms with Crippen molar-refractivity contribution in [1.82, 2.24) is 5.32 Å². The number of hydrogen-bond donors (Lipinski definition) is 1. The first-order valence-corrected chi connectivity index (χ1v) is 10.9. The van der Waals surface area contributed by atoms with Crippen LogP contribution in [0.1, 0.15) is 30.4 Å². The Hall–Kier alpha value is -2.85. The van der Waals surface area contributed by atoms with Gasteiger partial charge in [-0.25, -0.2) is 4.39 Å². The zero-order valence-corrected chi connectivity index (χ0v) is 17.1. The lowest BCUT2D eigenvalue weighted by Crippen LogP contribution is -2.46. The van der Waals surface area contributed by atoms with Gasteiger partial charge in [-0.2, -0.15) is 0 Å². The van der Waals surface area contributed by atoms with Gasteiger partial charge in [0.25, 0.3) is 0 Å². The predicted molar refractivity (Wildman–Crippen MR) is 119 cm³/mol. The van der Waals surface area contributed by atoms with Crippen LogP contribution >= 0.6 is 0 Å². The summed E-state index contributed by atoms with van der Waals surface area (Å²) in [5.74, 6) is 0.749. The lowest BCUT2D eigenvalue weighted by atomic mass is 9.95. The molecule has 0 amide bonds. The van der Waals surface area contributed by atoms with Crippen molar-refractivity contribution in [3.05, 3.63) is 89.7 Å². The summed E-state index contributed by atoms with van der Waals surface area (Å²) >= 11 is 0. The van der Waals surface area contributed by atoms with Crippen LogP contribution in [-0.2, 0) is 13.0 Å². The van der Waals surface area contributed by atoms with Crippen molar-refractivity contribution in [3.8, 4) is 5.75 Å². The van der Waals surface area contributed by atoms with E-state index in [-0.39, 0.29) is 11.9 Å². The first-order valence-electron chi connectivity index (χ1n) is 10.9. The van der Waals surface area contributed by atoms with E-state index in [1.165, 1.54) is 23.2 Å². The third-order valence-corrected chi connectivity index (χ3v) is 6.30. The van der Waals surface area contributed by atoms with Crippen molar-refractivity contribution in [2.45, 2.75) is 44.4 Å². The van der Waals surface area contributed by atoms with Crippen LogP contribution in [0.4, 0.5) is 15.8 Å². The van der Waals surface area contributed by atoms with E-state index >= 15 is 0 Å². The highest BCUT2D eigenvalue weighted by Gasteiger charge is 2.34. The highest BCUT2D eigenvalue weighted by Crippen LogP contribution is 2.42. The maximum absolute atomic E-state index is 13.4. The quantitative estimate of drug-likeness (QED) is 0.600. The molecule has 1 unspecified atom stereocenters. The van der Waals surface area contributed by atoms with Crippen molar-refractivity contribution >= 4 is 11.4 Å². The van der Waals surface area contributed by atoms with E-state index in [1.807, 2.05) is 18.2 Å². The molecule has 0 aromatic heterocycles. The number of aryl methyl sites for hydroxylation is 1. The molecular weight excluding hydrogens is 375 g/mol. The van der Waals surface area contributed by atoms with Gasteiger partial charge in [-0.3, -0.25) is 0 Å². The van der Waals surface area contributed by atoms with Crippen molar-refractivity contribution in [2.24, 2.45) is 0 Å². The van der Waals surface area contributed by atoms with Gasteiger partial charge in [0.05, 0.1) is 5.69 Å². The number of ether oxygens (including phenoxy) is 1. The van der Waals surface area contributed by atoms with Gasteiger partial charge in [0.1, 0.15) is 18.2 Å². The number of anilines is 2. The van der Waals surface area contributed by atoms with Gasteiger partial charge in [0.15, 0.2) is 0 Å².